The molecule has 0 saturated carbocycles. The monoisotopic (exact) mass is 284 g/mol. The summed E-state index contributed by atoms with van der Waals surface area (Å²) in [5, 5.41) is 0. The second kappa shape index (κ2) is 4.97. The minimum Gasteiger partial charge on any atom is -0.496 e. The van der Waals surface area contributed by atoms with Crippen LogP contribution in [0.15, 0.2) is 30.3 Å². The van der Waals surface area contributed by atoms with Crippen LogP contribution in [0.4, 0.5) is 5.95 Å². The molecule has 6 nitrogen and oxygen atoms in total. The van der Waals surface area contributed by atoms with Crippen LogP contribution in [-0.2, 0) is 0 Å². The van der Waals surface area contributed by atoms with Crippen LogP contribution in [0.25, 0.3) is 16.9 Å². The summed E-state index contributed by atoms with van der Waals surface area (Å²) in [5.74, 6) is 1.73. The first-order valence-electron chi connectivity index (χ1n) is 6.48. The van der Waals surface area contributed by atoms with Gasteiger partial charge >= 0.3 is 0 Å². The van der Waals surface area contributed by atoms with E-state index in [0.717, 1.165) is 22.5 Å². The molecule has 3 rings (SSSR count). The number of anilines is 1. The zero-order chi connectivity index (χ0) is 15.0. The zero-order valence-electron chi connectivity index (χ0n) is 12.1. The number of methoxy groups -OCH3 is 2. The predicted octanol–water partition coefficient (Wildman–Crippen LogP) is 2.33. The maximum Gasteiger partial charge on any atom is 0.215 e. The highest BCUT2D eigenvalue weighted by molar-refractivity contribution is 5.77. The quantitative estimate of drug-likeness (QED) is 0.799. The van der Waals surface area contributed by atoms with E-state index in [1.54, 1.807) is 24.9 Å². The number of pyridine rings is 1. The van der Waals surface area contributed by atoms with Gasteiger partial charge in [-0.2, -0.15) is 4.98 Å². The first-order valence-corrected chi connectivity index (χ1v) is 6.48. The Kier molecular flexibility index (Phi) is 3.13. The Balaban J connectivity index is 2.23. The fourth-order valence-corrected chi connectivity index (χ4v) is 2.33. The van der Waals surface area contributed by atoms with E-state index in [4.69, 9.17) is 15.2 Å². The van der Waals surface area contributed by atoms with Crippen LogP contribution in [0.5, 0.6) is 11.6 Å². The highest BCUT2D eigenvalue weighted by Gasteiger charge is 2.13. The minimum absolute atomic E-state index is 0.385. The molecule has 2 aromatic heterocycles. The molecule has 6 heteroatoms. The van der Waals surface area contributed by atoms with Gasteiger partial charge in [0.2, 0.25) is 11.8 Å². The molecule has 0 bridgehead atoms. The molecule has 21 heavy (non-hydrogen) atoms. The van der Waals surface area contributed by atoms with Gasteiger partial charge < -0.3 is 15.2 Å². The molecule has 108 valence electrons. The first-order chi connectivity index (χ1) is 10.1. The van der Waals surface area contributed by atoms with Crippen LogP contribution in [0.3, 0.4) is 0 Å². The van der Waals surface area contributed by atoms with E-state index in [1.807, 2.05) is 31.2 Å². The van der Waals surface area contributed by atoms with Crippen molar-refractivity contribution < 1.29 is 9.47 Å². The number of aryl methyl sites for hydroxylation is 1. The fraction of sp³-hybridized carbons (Fsp3) is 0.200. The highest BCUT2D eigenvalue weighted by atomic mass is 16.5. The maximum absolute atomic E-state index is 6.04. The van der Waals surface area contributed by atoms with Crippen LogP contribution < -0.4 is 15.2 Å². The molecule has 1 aromatic carbocycles. The Morgan fingerprint density at radius 2 is 1.86 bits per heavy atom. The Morgan fingerprint density at radius 1 is 1.05 bits per heavy atom. The number of hydrogen-bond acceptors (Lipinski definition) is 5. The lowest BCUT2D eigenvalue weighted by atomic mass is 10.2. The van der Waals surface area contributed by atoms with Gasteiger partial charge in [-0.1, -0.05) is 0 Å². The molecule has 3 aromatic rings. The van der Waals surface area contributed by atoms with E-state index in [0.29, 0.717) is 17.5 Å². The number of imidazole rings is 1. The number of nitrogen functional groups attached to an aromatic ring is 1. The molecule has 2 heterocycles. The van der Waals surface area contributed by atoms with E-state index in [-0.39, 0.29) is 0 Å². The van der Waals surface area contributed by atoms with Crippen LogP contribution >= 0.6 is 0 Å². The SMILES string of the molecule is COc1ccc2nc(N)n(-c3ccc(OC)c(C)c3)c2n1. The van der Waals surface area contributed by atoms with Crippen molar-refractivity contribution in [1.82, 2.24) is 14.5 Å². The Hall–Kier alpha value is -2.76. The molecule has 0 radical (unpaired) electrons. The average molecular weight is 284 g/mol. The van der Waals surface area contributed by atoms with Crippen molar-refractivity contribution in [1.29, 1.82) is 0 Å². The van der Waals surface area contributed by atoms with Crippen molar-refractivity contribution in [3.05, 3.63) is 35.9 Å². The number of fused-ring (bicyclic) bond motifs is 1. The summed E-state index contributed by atoms with van der Waals surface area (Å²) in [6, 6.07) is 9.40. The number of hydrogen-bond donors (Lipinski definition) is 1. The van der Waals surface area contributed by atoms with Gasteiger partial charge in [0.05, 0.1) is 19.9 Å². The van der Waals surface area contributed by atoms with E-state index >= 15 is 0 Å². The lowest BCUT2D eigenvalue weighted by molar-refractivity contribution is 0.399. The van der Waals surface area contributed by atoms with Crippen LogP contribution in [0.1, 0.15) is 5.56 Å². The summed E-state index contributed by atoms with van der Waals surface area (Å²) >= 11 is 0. The second-order valence-corrected chi connectivity index (χ2v) is 4.66. The largest absolute Gasteiger partial charge is 0.496 e. The van der Waals surface area contributed by atoms with E-state index < -0.39 is 0 Å². The molecule has 0 fully saturated rings. The third-order valence-electron chi connectivity index (χ3n) is 3.35. The summed E-state index contributed by atoms with van der Waals surface area (Å²) in [4.78, 5) is 8.76. The molecule has 0 atom stereocenters. The number of benzene rings is 1. The highest BCUT2D eigenvalue weighted by Crippen LogP contribution is 2.27. The fourth-order valence-electron chi connectivity index (χ4n) is 2.33. The lowest BCUT2D eigenvalue weighted by Crippen LogP contribution is -2.02. The van der Waals surface area contributed by atoms with Gasteiger partial charge in [0, 0.05) is 6.07 Å². The minimum atomic E-state index is 0.385. The zero-order valence-corrected chi connectivity index (χ0v) is 12.1. The van der Waals surface area contributed by atoms with Crippen LogP contribution in [0, 0.1) is 6.92 Å². The smallest absolute Gasteiger partial charge is 0.215 e. The summed E-state index contributed by atoms with van der Waals surface area (Å²) < 4.78 is 12.2. The first kappa shape index (κ1) is 13.2. The van der Waals surface area contributed by atoms with Gasteiger partial charge in [-0.05, 0) is 36.8 Å². The van der Waals surface area contributed by atoms with Gasteiger partial charge in [0.15, 0.2) is 5.65 Å². The molecule has 2 N–H and O–H groups in total. The van der Waals surface area contributed by atoms with Gasteiger partial charge in [0.1, 0.15) is 11.3 Å². The maximum atomic E-state index is 6.04. The predicted molar refractivity (Wildman–Crippen MR) is 81.1 cm³/mol. The van der Waals surface area contributed by atoms with Crippen molar-refractivity contribution in [3.8, 4) is 17.3 Å². The standard InChI is InChI=1S/C15H16N4O2/c1-9-8-10(4-6-12(9)20-2)19-14-11(17-15(19)16)5-7-13(18-14)21-3/h4-8H,1-3H3,(H2,16,17). The average Bonchev–Trinajstić information content (AvgIpc) is 2.81. The molecule has 0 spiro atoms. The van der Waals surface area contributed by atoms with E-state index in [1.165, 1.54) is 0 Å². The Labute approximate surface area is 122 Å². The molecular weight excluding hydrogens is 268 g/mol. The van der Waals surface area contributed by atoms with E-state index in [2.05, 4.69) is 9.97 Å². The van der Waals surface area contributed by atoms with Crippen molar-refractivity contribution in [2.24, 2.45) is 0 Å². The number of nitrogens with two attached hydrogens (primary N) is 1. The van der Waals surface area contributed by atoms with Crippen molar-refractivity contribution in [3.63, 3.8) is 0 Å². The number of ether oxygens (including phenoxy) is 2. The Morgan fingerprint density at radius 3 is 2.52 bits per heavy atom. The lowest BCUT2D eigenvalue weighted by Gasteiger charge is -2.10. The molecule has 0 amide bonds. The van der Waals surface area contributed by atoms with Crippen molar-refractivity contribution in [2.75, 3.05) is 20.0 Å². The summed E-state index contributed by atoms with van der Waals surface area (Å²) in [6.45, 7) is 1.98. The second-order valence-electron chi connectivity index (χ2n) is 4.66. The third kappa shape index (κ3) is 2.14. The van der Waals surface area contributed by atoms with Gasteiger partial charge in [-0.25, -0.2) is 4.98 Å². The molecule has 0 aliphatic heterocycles. The summed E-state index contributed by atoms with van der Waals surface area (Å²) in [6.07, 6.45) is 0. The molecule has 0 aliphatic rings. The summed E-state index contributed by atoms with van der Waals surface area (Å²) in [5.41, 5.74) is 9.32. The third-order valence-corrected chi connectivity index (χ3v) is 3.35. The molecule has 0 aliphatic carbocycles. The Bertz CT molecular complexity index is 811. The van der Waals surface area contributed by atoms with Crippen molar-refractivity contribution in [2.45, 2.75) is 6.92 Å². The van der Waals surface area contributed by atoms with Crippen LogP contribution in [0.2, 0.25) is 0 Å². The number of nitrogens with zero attached hydrogens (tertiary/aromatic N) is 3. The topological polar surface area (TPSA) is 75.2 Å². The number of rotatable bonds is 3. The van der Waals surface area contributed by atoms with Gasteiger partial charge in [0.25, 0.3) is 0 Å². The van der Waals surface area contributed by atoms with Gasteiger partial charge in [-0.15, -0.1) is 0 Å². The normalized spacial score (nSPS) is 10.8. The molecule has 0 unspecified atom stereocenters. The summed E-state index contributed by atoms with van der Waals surface area (Å²) in [7, 11) is 3.23. The van der Waals surface area contributed by atoms with Crippen LogP contribution in [-0.4, -0.2) is 28.8 Å². The van der Waals surface area contributed by atoms with Gasteiger partial charge in [-0.3, -0.25) is 4.57 Å². The number of aromatic nitrogens is 3. The molecular formula is C15H16N4O2. The molecule has 0 saturated heterocycles. The van der Waals surface area contributed by atoms with E-state index in [9.17, 15) is 0 Å². The van der Waals surface area contributed by atoms with Crippen molar-refractivity contribution >= 4 is 17.1 Å².